The highest BCUT2D eigenvalue weighted by Crippen LogP contribution is 2.18. The van der Waals surface area contributed by atoms with Gasteiger partial charge in [0, 0.05) is 25.9 Å². The Hall–Kier alpha value is -1.18. The molecule has 1 saturated heterocycles. The van der Waals surface area contributed by atoms with Gasteiger partial charge in [0.2, 0.25) is 10.0 Å². The van der Waals surface area contributed by atoms with Crippen molar-refractivity contribution in [2.75, 3.05) is 25.0 Å². The number of nitrogens with zero attached hydrogens (tertiary/aromatic N) is 1. The van der Waals surface area contributed by atoms with E-state index in [2.05, 4.69) is 15.0 Å². The number of hydrogen-bond donors (Lipinski definition) is 2. The Balaban J connectivity index is 2.09. The number of sulfonamides is 1. The molecule has 2 N–H and O–H groups in total. The van der Waals surface area contributed by atoms with Crippen LogP contribution >= 0.6 is 0 Å². The van der Waals surface area contributed by atoms with Crippen LogP contribution in [0.15, 0.2) is 23.2 Å². The number of ether oxygens (including phenoxy) is 1. The second-order valence-corrected chi connectivity index (χ2v) is 6.10. The van der Waals surface area contributed by atoms with Gasteiger partial charge in [0.1, 0.15) is 10.7 Å². The number of rotatable bonds is 6. The lowest BCUT2D eigenvalue weighted by Gasteiger charge is -2.13. The van der Waals surface area contributed by atoms with E-state index in [9.17, 15) is 8.42 Å². The summed E-state index contributed by atoms with van der Waals surface area (Å²) in [6.07, 6.45) is 3.43. The summed E-state index contributed by atoms with van der Waals surface area (Å²) < 4.78 is 32.5. The van der Waals surface area contributed by atoms with Crippen LogP contribution < -0.4 is 10.0 Å². The maximum absolute atomic E-state index is 12.2. The van der Waals surface area contributed by atoms with E-state index in [1.54, 1.807) is 18.3 Å². The fraction of sp³-hybridized carbons (Fsp3) is 0.583. The molecule has 0 bridgehead atoms. The van der Waals surface area contributed by atoms with Crippen molar-refractivity contribution in [2.45, 2.75) is 30.8 Å². The summed E-state index contributed by atoms with van der Waals surface area (Å²) in [4.78, 5) is 4.23. The first-order chi connectivity index (χ1) is 9.13. The number of anilines is 1. The lowest BCUT2D eigenvalue weighted by Crippen LogP contribution is -2.32. The SMILES string of the molecule is CCNc1ncccc1S(=O)(=O)NCC1CCCO1. The second-order valence-electron chi connectivity index (χ2n) is 4.37. The molecule has 6 nitrogen and oxygen atoms in total. The molecule has 0 aromatic carbocycles. The van der Waals surface area contributed by atoms with Crippen LogP contribution in [0.1, 0.15) is 19.8 Å². The summed E-state index contributed by atoms with van der Waals surface area (Å²) in [5.41, 5.74) is 0. The largest absolute Gasteiger partial charge is 0.377 e. The summed E-state index contributed by atoms with van der Waals surface area (Å²) in [6, 6.07) is 3.16. The molecule has 0 spiro atoms. The van der Waals surface area contributed by atoms with Gasteiger partial charge in [-0.15, -0.1) is 0 Å². The molecule has 1 fully saturated rings. The van der Waals surface area contributed by atoms with Crippen molar-refractivity contribution < 1.29 is 13.2 Å². The zero-order valence-corrected chi connectivity index (χ0v) is 11.7. The fourth-order valence-corrected chi connectivity index (χ4v) is 3.19. The van der Waals surface area contributed by atoms with Crippen LogP contribution in [0, 0.1) is 0 Å². The Morgan fingerprint density at radius 1 is 1.53 bits per heavy atom. The van der Waals surface area contributed by atoms with Crippen LogP contribution in [0.3, 0.4) is 0 Å². The molecule has 1 unspecified atom stereocenters. The average molecular weight is 285 g/mol. The van der Waals surface area contributed by atoms with Gasteiger partial charge in [-0.3, -0.25) is 0 Å². The smallest absolute Gasteiger partial charge is 0.244 e. The maximum atomic E-state index is 12.2. The highest BCUT2D eigenvalue weighted by molar-refractivity contribution is 7.89. The molecular formula is C12H19N3O3S. The average Bonchev–Trinajstić information content (AvgIpc) is 2.91. The normalized spacial score (nSPS) is 19.5. The molecule has 2 heterocycles. The number of aromatic nitrogens is 1. The molecule has 1 aliphatic heterocycles. The summed E-state index contributed by atoms with van der Waals surface area (Å²) >= 11 is 0. The van der Waals surface area contributed by atoms with Gasteiger partial charge in [0.25, 0.3) is 0 Å². The van der Waals surface area contributed by atoms with E-state index < -0.39 is 10.0 Å². The van der Waals surface area contributed by atoms with Gasteiger partial charge in [-0.1, -0.05) is 0 Å². The molecule has 0 radical (unpaired) electrons. The fourth-order valence-electron chi connectivity index (χ4n) is 1.99. The Bertz CT molecular complexity index is 513. The summed E-state index contributed by atoms with van der Waals surface area (Å²) in [5.74, 6) is 0.379. The topological polar surface area (TPSA) is 80.3 Å². The number of pyridine rings is 1. The monoisotopic (exact) mass is 285 g/mol. The quantitative estimate of drug-likeness (QED) is 0.814. The third-order valence-electron chi connectivity index (χ3n) is 2.93. The highest BCUT2D eigenvalue weighted by atomic mass is 32.2. The van der Waals surface area contributed by atoms with Crippen molar-refractivity contribution in [1.29, 1.82) is 0 Å². The molecule has 0 amide bonds. The minimum Gasteiger partial charge on any atom is -0.377 e. The van der Waals surface area contributed by atoms with Crippen molar-refractivity contribution in [3.05, 3.63) is 18.3 Å². The summed E-state index contributed by atoms with van der Waals surface area (Å²) in [5, 5.41) is 2.95. The molecule has 106 valence electrons. The van der Waals surface area contributed by atoms with Crippen LogP contribution in [0.4, 0.5) is 5.82 Å². The summed E-state index contributed by atoms with van der Waals surface area (Å²) in [6.45, 7) is 3.53. The van der Waals surface area contributed by atoms with Gasteiger partial charge in [0.15, 0.2) is 0 Å². The van der Waals surface area contributed by atoms with Crippen molar-refractivity contribution in [2.24, 2.45) is 0 Å². The van der Waals surface area contributed by atoms with E-state index in [0.29, 0.717) is 25.5 Å². The lowest BCUT2D eigenvalue weighted by molar-refractivity contribution is 0.114. The molecule has 1 aromatic heterocycles. The van der Waals surface area contributed by atoms with E-state index in [0.717, 1.165) is 12.8 Å². The van der Waals surface area contributed by atoms with Crippen LogP contribution in [-0.4, -0.2) is 39.2 Å². The molecule has 1 aliphatic rings. The predicted octanol–water partition coefficient (Wildman–Crippen LogP) is 0.971. The Morgan fingerprint density at radius 2 is 2.37 bits per heavy atom. The standard InChI is InChI=1S/C12H19N3O3S/c1-2-13-12-11(6-3-7-14-12)19(16,17)15-9-10-5-4-8-18-10/h3,6-7,10,15H,2,4-5,8-9H2,1H3,(H,13,14). The number of nitrogens with one attached hydrogen (secondary N) is 2. The van der Waals surface area contributed by atoms with Crippen LogP contribution in [0.5, 0.6) is 0 Å². The van der Waals surface area contributed by atoms with E-state index in [1.807, 2.05) is 6.92 Å². The van der Waals surface area contributed by atoms with Gasteiger partial charge in [-0.2, -0.15) is 0 Å². The van der Waals surface area contributed by atoms with Gasteiger partial charge >= 0.3 is 0 Å². The Kier molecular flexibility index (Phi) is 4.73. The maximum Gasteiger partial charge on any atom is 0.244 e. The minimum absolute atomic E-state index is 0.0194. The Morgan fingerprint density at radius 3 is 3.05 bits per heavy atom. The molecular weight excluding hydrogens is 266 g/mol. The molecule has 1 aromatic rings. The van der Waals surface area contributed by atoms with Gasteiger partial charge in [-0.25, -0.2) is 18.1 Å². The van der Waals surface area contributed by atoms with Gasteiger partial charge in [-0.05, 0) is 31.9 Å². The van der Waals surface area contributed by atoms with Gasteiger partial charge < -0.3 is 10.1 Å². The third kappa shape index (κ3) is 3.65. The molecule has 1 atom stereocenters. The zero-order chi connectivity index (χ0) is 13.7. The van der Waals surface area contributed by atoms with Crippen molar-refractivity contribution >= 4 is 15.8 Å². The molecule has 2 rings (SSSR count). The second kappa shape index (κ2) is 6.31. The molecule has 7 heteroatoms. The third-order valence-corrected chi connectivity index (χ3v) is 4.38. The molecule has 0 saturated carbocycles. The lowest BCUT2D eigenvalue weighted by atomic mass is 10.2. The first kappa shape index (κ1) is 14.2. The minimum atomic E-state index is -3.56. The number of hydrogen-bond acceptors (Lipinski definition) is 5. The molecule has 0 aliphatic carbocycles. The molecule has 19 heavy (non-hydrogen) atoms. The van der Waals surface area contributed by atoms with E-state index >= 15 is 0 Å². The van der Waals surface area contributed by atoms with Crippen molar-refractivity contribution in [1.82, 2.24) is 9.71 Å². The first-order valence-electron chi connectivity index (χ1n) is 6.43. The highest BCUT2D eigenvalue weighted by Gasteiger charge is 2.22. The first-order valence-corrected chi connectivity index (χ1v) is 7.92. The van der Waals surface area contributed by atoms with Crippen molar-refractivity contribution in [3.63, 3.8) is 0 Å². The summed E-state index contributed by atoms with van der Waals surface area (Å²) in [7, 11) is -3.56. The van der Waals surface area contributed by atoms with Crippen molar-refractivity contribution in [3.8, 4) is 0 Å². The van der Waals surface area contributed by atoms with E-state index in [4.69, 9.17) is 4.74 Å². The predicted molar refractivity (Wildman–Crippen MR) is 72.6 cm³/mol. The Labute approximate surface area is 113 Å². The van der Waals surface area contributed by atoms with Crippen LogP contribution in [0.25, 0.3) is 0 Å². The van der Waals surface area contributed by atoms with E-state index in [-0.39, 0.29) is 11.0 Å². The van der Waals surface area contributed by atoms with E-state index in [1.165, 1.54) is 0 Å². The zero-order valence-electron chi connectivity index (χ0n) is 10.9. The van der Waals surface area contributed by atoms with Gasteiger partial charge in [0.05, 0.1) is 6.10 Å². The van der Waals surface area contributed by atoms with Crippen LogP contribution in [0.2, 0.25) is 0 Å². The van der Waals surface area contributed by atoms with Crippen LogP contribution in [-0.2, 0) is 14.8 Å².